The first-order chi connectivity index (χ1) is 43.4. The molecule has 9 nitrogen and oxygen atoms in total. The van der Waals surface area contributed by atoms with Crippen molar-refractivity contribution in [3.8, 4) is 0 Å². The van der Waals surface area contributed by atoms with Gasteiger partial charge >= 0.3 is 13.8 Å². The molecule has 0 aliphatic heterocycles. The number of esters is 1. The third kappa shape index (κ3) is 68.6. The lowest BCUT2D eigenvalue weighted by atomic mass is 10.0. The molecule has 0 spiro atoms. The van der Waals surface area contributed by atoms with Crippen LogP contribution in [0.2, 0.25) is 0 Å². The first kappa shape index (κ1) is 85.4. The van der Waals surface area contributed by atoms with Gasteiger partial charge < -0.3 is 19.4 Å². The van der Waals surface area contributed by atoms with E-state index >= 15 is 0 Å². The number of likely N-dealkylation sites (N-methyl/N-ethyl adjacent to an activating group) is 1. The highest BCUT2D eigenvalue weighted by atomic mass is 31.2. The average Bonchev–Trinajstić information content (AvgIpc) is 3.70. The molecule has 512 valence electrons. The van der Waals surface area contributed by atoms with Crippen LogP contribution >= 0.6 is 7.82 Å². The molecule has 2 N–H and O–H groups in total. The number of nitrogens with zero attached hydrogens (tertiary/aromatic N) is 1. The maximum absolute atomic E-state index is 13.6. The number of quaternary nitrogens is 1. The van der Waals surface area contributed by atoms with Crippen molar-refractivity contribution in [1.82, 2.24) is 5.32 Å². The van der Waals surface area contributed by atoms with E-state index in [4.69, 9.17) is 13.8 Å². The fraction of sp³-hybridized carbons (Fsp3) is 0.722. The van der Waals surface area contributed by atoms with Crippen LogP contribution in [0, 0.1) is 0 Å². The lowest BCUT2D eigenvalue weighted by Crippen LogP contribution is -2.47. The molecule has 0 aliphatic rings. The summed E-state index contributed by atoms with van der Waals surface area (Å²) in [4.78, 5) is 37.9. The minimum Gasteiger partial charge on any atom is -0.456 e. The van der Waals surface area contributed by atoms with Crippen molar-refractivity contribution >= 4 is 19.7 Å². The van der Waals surface area contributed by atoms with Gasteiger partial charge in [0.2, 0.25) is 5.91 Å². The van der Waals surface area contributed by atoms with Gasteiger partial charge in [-0.2, -0.15) is 0 Å². The average molecular weight is 1260 g/mol. The summed E-state index contributed by atoms with van der Waals surface area (Å²) in [6, 6.07) is -0.861. The molecule has 0 heterocycles. The number of ether oxygens (including phenoxy) is 1. The highest BCUT2D eigenvalue weighted by Gasteiger charge is 2.30. The van der Waals surface area contributed by atoms with E-state index in [0.29, 0.717) is 17.4 Å². The lowest BCUT2D eigenvalue weighted by Gasteiger charge is -2.27. The molecule has 0 bridgehead atoms. The summed E-state index contributed by atoms with van der Waals surface area (Å²) in [5.74, 6) is -0.515. The summed E-state index contributed by atoms with van der Waals surface area (Å²) in [7, 11) is 1.48. The van der Waals surface area contributed by atoms with Gasteiger partial charge in [0.05, 0.1) is 33.8 Å². The summed E-state index contributed by atoms with van der Waals surface area (Å²) in [6.45, 7) is 6.87. The van der Waals surface area contributed by atoms with E-state index in [1.165, 1.54) is 148 Å². The van der Waals surface area contributed by atoms with Crippen LogP contribution in [0.1, 0.15) is 316 Å². The Morgan fingerprint density at radius 1 is 0.404 bits per heavy atom. The molecule has 0 radical (unpaired) electrons. The van der Waals surface area contributed by atoms with Crippen molar-refractivity contribution in [2.75, 3.05) is 40.9 Å². The number of rotatable bonds is 66. The Balaban J connectivity index is 5.01. The molecule has 0 aromatic carbocycles. The number of hydrogen-bond acceptors (Lipinski definition) is 6. The molecule has 0 rings (SSSR count). The Morgan fingerprint density at radius 2 is 0.719 bits per heavy atom. The second kappa shape index (κ2) is 67.3. The normalized spacial score (nSPS) is 14.2. The van der Waals surface area contributed by atoms with Crippen molar-refractivity contribution < 1.29 is 37.3 Å². The third-order valence-electron chi connectivity index (χ3n) is 15.9. The van der Waals surface area contributed by atoms with E-state index in [2.05, 4.69) is 135 Å². The highest BCUT2D eigenvalue weighted by Crippen LogP contribution is 2.43. The molecule has 0 aromatic rings. The summed E-state index contributed by atoms with van der Waals surface area (Å²) in [5, 5.41) is 3.07. The summed E-state index contributed by atoms with van der Waals surface area (Å²) < 4.78 is 30.8. The number of allylic oxidation sites excluding steroid dienone is 19. The predicted octanol–water partition coefficient (Wildman–Crippen LogP) is 23.8. The molecule has 0 fully saturated rings. The molecule has 0 aromatic heterocycles. The number of nitrogens with one attached hydrogen (secondary N) is 1. The van der Waals surface area contributed by atoms with E-state index in [0.717, 1.165) is 135 Å². The number of unbranched alkanes of at least 4 members (excludes halogenated alkanes) is 32. The largest absolute Gasteiger partial charge is 0.472 e. The van der Waals surface area contributed by atoms with E-state index in [9.17, 15) is 19.0 Å². The lowest BCUT2D eigenvalue weighted by molar-refractivity contribution is -0.870. The van der Waals surface area contributed by atoms with Gasteiger partial charge in [-0.05, 0) is 122 Å². The molecule has 3 unspecified atom stereocenters. The van der Waals surface area contributed by atoms with Gasteiger partial charge in [-0.1, -0.05) is 303 Å². The zero-order valence-corrected chi connectivity index (χ0v) is 59.5. The van der Waals surface area contributed by atoms with E-state index in [1.54, 1.807) is 0 Å². The monoisotopic (exact) mass is 1260 g/mol. The van der Waals surface area contributed by atoms with Gasteiger partial charge in [-0.25, -0.2) is 4.57 Å². The second-order valence-corrected chi connectivity index (χ2v) is 27.2. The molecule has 3 atom stereocenters. The molecule has 1 amide bonds. The molecule has 89 heavy (non-hydrogen) atoms. The van der Waals surface area contributed by atoms with Gasteiger partial charge in [0.25, 0.3) is 0 Å². The van der Waals surface area contributed by atoms with Gasteiger partial charge in [0, 0.05) is 12.8 Å². The van der Waals surface area contributed by atoms with E-state index in [-0.39, 0.29) is 31.5 Å². The first-order valence-corrected chi connectivity index (χ1v) is 38.4. The SMILES string of the molecule is CC/C=C\C/C=C\C/C=C\C/C=C\C/C=C\CCCCCCCCCCCCCC(=O)NC(COP(=O)(O)OCC[N+](C)(C)C)C(/C=C/CCCCCCCCCCC)OC(=O)CCCCCCCCCCC/C=C\C/C=C\C/C=C\C/C=C\CCCCC. The van der Waals surface area contributed by atoms with Crippen LogP contribution in [0.5, 0.6) is 0 Å². The van der Waals surface area contributed by atoms with Crippen molar-refractivity contribution in [3.05, 3.63) is 122 Å². The third-order valence-corrected chi connectivity index (χ3v) is 16.9. The molecule has 0 saturated carbocycles. The van der Waals surface area contributed by atoms with Crippen molar-refractivity contribution in [1.29, 1.82) is 0 Å². The zero-order chi connectivity index (χ0) is 64.9. The molecule has 0 aliphatic carbocycles. The van der Waals surface area contributed by atoms with Gasteiger partial charge in [-0.15, -0.1) is 0 Å². The second-order valence-electron chi connectivity index (χ2n) is 25.7. The molecular formula is C79H140N2O7P+. The van der Waals surface area contributed by atoms with Gasteiger partial charge in [-0.3, -0.25) is 18.6 Å². The number of phosphoric ester groups is 1. The van der Waals surface area contributed by atoms with Gasteiger partial charge in [0.15, 0.2) is 0 Å². The van der Waals surface area contributed by atoms with E-state index in [1.807, 2.05) is 33.3 Å². The molecule has 0 saturated heterocycles. The van der Waals surface area contributed by atoms with Crippen LogP contribution in [0.15, 0.2) is 122 Å². The van der Waals surface area contributed by atoms with Crippen LogP contribution < -0.4 is 5.32 Å². The topological polar surface area (TPSA) is 111 Å². The standard InChI is InChI=1S/C79H139N2O7P/c1-7-10-13-16-19-22-25-27-29-31-33-35-37-39-40-42-43-45-47-49-51-53-56-59-62-65-68-71-78(82)80-76(75-87-89(84,85)86-74-73-81(4,5)6)77(70-67-64-61-58-55-24-21-18-15-12-9-3)88-79(83)72-69-66-63-60-57-54-52-50-48-46-44-41-38-36-34-32-30-28-26-23-20-17-14-11-8-2/h10,13,19-20,22-23,27-30,33-36,39-41,44,67,70,76-77H,7-9,11-12,14-18,21,24-26,31-32,37-38,42-43,45-66,68-69,71-75H2,1-6H3,(H-,80,82,84,85)/p+1/b13-10-,22-19-,23-20-,29-27-,30-28-,35-33-,36-34-,40-39-,44-41-,70-67+. The van der Waals surface area contributed by atoms with Crippen molar-refractivity contribution in [2.24, 2.45) is 0 Å². The van der Waals surface area contributed by atoms with Gasteiger partial charge in [0.1, 0.15) is 19.3 Å². The Bertz CT molecular complexity index is 1940. The van der Waals surface area contributed by atoms with E-state index < -0.39 is 20.0 Å². The highest BCUT2D eigenvalue weighted by molar-refractivity contribution is 7.47. The Labute approximate surface area is 550 Å². The molecular weight excluding hydrogens is 1120 g/mol. The smallest absolute Gasteiger partial charge is 0.456 e. The summed E-state index contributed by atoms with van der Waals surface area (Å²) in [6.07, 6.45) is 95.0. The number of carbonyl (C=O) groups excluding carboxylic acids is 2. The van der Waals surface area contributed by atoms with Crippen LogP contribution in [0.3, 0.4) is 0 Å². The Kier molecular flexibility index (Phi) is 64.6. The number of hydrogen-bond donors (Lipinski definition) is 2. The number of phosphoric acid groups is 1. The summed E-state index contributed by atoms with van der Waals surface area (Å²) in [5.41, 5.74) is 0. The first-order valence-electron chi connectivity index (χ1n) is 36.9. The quantitative estimate of drug-likeness (QED) is 0.0205. The number of amides is 1. The van der Waals surface area contributed by atoms with Crippen LogP contribution in [0.4, 0.5) is 0 Å². The number of carbonyl (C=O) groups is 2. The van der Waals surface area contributed by atoms with Crippen LogP contribution in [-0.4, -0.2) is 74.3 Å². The minimum absolute atomic E-state index is 0.0334. The van der Waals surface area contributed by atoms with Crippen LogP contribution in [0.25, 0.3) is 0 Å². The minimum atomic E-state index is -4.46. The fourth-order valence-corrected chi connectivity index (χ4v) is 11.0. The van der Waals surface area contributed by atoms with Crippen LogP contribution in [-0.2, 0) is 27.9 Å². The fourth-order valence-electron chi connectivity index (χ4n) is 10.2. The Hall–Kier alpha value is -3.59. The maximum atomic E-state index is 13.6. The van der Waals surface area contributed by atoms with Crippen molar-refractivity contribution in [3.63, 3.8) is 0 Å². The Morgan fingerprint density at radius 3 is 1.10 bits per heavy atom. The van der Waals surface area contributed by atoms with Crippen molar-refractivity contribution in [2.45, 2.75) is 328 Å². The zero-order valence-electron chi connectivity index (χ0n) is 58.6. The summed E-state index contributed by atoms with van der Waals surface area (Å²) >= 11 is 0. The maximum Gasteiger partial charge on any atom is 0.472 e. The predicted molar refractivity (Wildman–Crippen MR) is 387 cm³/mol. The molecule has 10 heteroatoms.